The number of aliphatic carboxylic acids is 1. The largest absolute Gasteiger partial charge is 0.477 e. The summed E-state index contributed by atoms with van der Waals surface area (Å²) in [7, 11) is 0.544. The van der Waals surface area contributed by atoms with Crippen LogP contribution in [-0.2, 0) is 32.7 Å². The Morgan fingerprint density at radius 1 is 1.12 bits per heavy atom. The van der Waals surface area contributed by atoms with Gasteiger partial charge in [0.1, 0.15) is 45.0 Å². The number of hydrogen-bond acceptors (Lipinski definition) is 5. The van der Waals surface area contributed by atoms with E-state index < -0.39 is 45.9 Å². The van der Waals surface area contributed by atoms with E-state index in [4.69, 9.17) is 0 Å². The third-order valence-electron chi connectivity index (χ3n) is 10.3. The molecule has 2 saturated heterocycles. The van der Waals surface area contributed by atoms with Crippen molar-refractivity contribution in [3.63, 3.8) is 0 Å². The molecule has 0 radical (unpaired) electrons. The van der Waals surface area contributed by atoms with E-state index in [0.717, 1.165) is 64.7 Å². The number of carbonyl (C=O) groups excluding carboxylic acids is 1. The lowest BCUT2D eigenvalue weighted by molar-refractivity contribution is -1.03. The van der Waals surface area contributed by atoms with Gasteiger partial charge in [0.25, 0.3) is 10.0 Å². The highest BCUT2D eigenvalue weighted by Crippen LogP contribution is 2.52. The number of piperazine rings is 1. The standard InChI is InChI=1S/C29H35N4O6S.C2H6/c1-16-20(27(29(36)37)31-25(16)23(17(2)34)28(31)35)13-30-26-21-15-33(10-8-32(3,4)9-11-33)14-19(21)12-18-6-5-7-22(24(18)26)40(30,38)39;1-2/h5-7,12,16-17,23,25,34H,8-11,13-15H2,1-4H3;1-2H3/q+1;/p+1. The third-order valence-corrected chi connectivity index (χ3v) is 12.1. The minimum Gasteiger partial charge on any atom is -0.477 e. The average Bonchev–Trinajstić information content (AvgIpc) is 3.49. The van der Waals surface area contributed by atoms with E-state index >= 15 is 0 Å². The molecule has 5 aliphatic rings. The molecule has 2 fully saturated rings. The molecule has 0 saturated carbocycles. The molecule has 4 unspecified atom stereocenters. The maximum Gasteiger partial charge on any atom is 0.352 e. The average molecular weight is 599 g/mol. The first-order valence-corrected chi connectivity index (χ1v) is 16.5. The molecule has 10 nitrogen and oxygen atoms in total. The Balaban J connectivity index is 0.00000155. The lowest BCUT2D eigenvalue weighted by Crippen LogP contribution is -2.63. The molecule has 2 N–H and O–H groups in total. The number of hydrogen-bond donors (Lipinski definition) is 2. The van der Waals surface area contributed by atoms with E-state index in [1.54, 1.807) is 12.1 Å². The summed E-state index contributed by atoms with van der Waals surface area (Å²) in [6.07, 6.45) is -0.921. The SMILES string of the molecule is CC.CC(O)C1C(=O)N2C(C(=O)O)=C(CN3c4c5c(cc6cccc(c46)S3(=O)=O)C[N+]3(CC[N+](C)(C)CC3)C5)C(C)C12. The van der Waals surface area contributed by atoms with Crippen LogP contribution in [-0.4, -0.2) is 103 Å². The summed E-state index contributed by atoms with van der Waals surface area (Å²) >= 11 is 0. The van der Waals surface area contributed by atoms with Crippen molar-refractivity contribution in [2.24, 2.45) is 11.8 Å². The number of rotatable bonds is 4. The minimum atomic E-state index is -3.96. The van der Waals surface area contributed by atoms with Crippen LogP contribution >= 0.6 is 0 Å². The first kappa shape index (κ1) is 29.1. The van der Waals surface area contributed by atoms with Crippen molar-refractivity contribution in [3.8, 4) is 0 Å². The van der Waals surface area contributed by atoms with Crippen molar-refractivity contribution in [2.45, 2.75) is 57.8 Å². The van der Waals surface area contributed by atoms with E-state index in [1.807, 2.05) is 26.8 Å². The van der Waals surface area contributed by atoms with E-state index in [2.05, 4.69) is 20.2 Å². The van der Waals surface area contributed by atoms with Crippen molar-refractivity contribution in [3.05, 3.63) is 46.7 Å². The van der Waals surface area contributed by atoms with E-state index in [9.17, 15) is 28.2 Å². The number of carboxylic acids is 1. The molecule has 42 heavy (non-hydrogen) atoms. The summed E-state index contributed by atoms with van der Waals surface area (Å²) in [6, 6.07) is 7.02. The van der Waals surface area contributed by atoms with Crippen LogP contribution in [0.2, 0.25) is 0 Å². The molecule has 0 aliphatic carbocycles. The molecule has 1 spiro atoms. The fraction of sp³-hybridized carbons (Fsp3) is 0.548. The highest BCUT2D eigenvalue weighted by molar-refractivity contribution is 7.93. The predicted octanol–water partition coefficient (Wildman–Crippen LogP) is 2.49. The third kappa shape index (κ3) is 3.89. The van der Waals surface area contributed by atoms with Crippen molar-refractivity contribution in [2.75, 3.05) is 51.1 Å². The second kappa shape index (κ2) is 9.51. The van der Waals surface area contributed by atoms with Crippen molar-refractivity contribution < 1.29 is 37.2 Å². The number of nitrogens with zero attached hydrogens (tertiary/aromatic N) is 4. The van der Waals surface area contributed by atoms with Crippen LogP contribution in [0.5, 0.6) is 0 Å². The van der Waals surface area contributed by atoms with Gasteiger partial charge in [0, 0.05) is 22.4 Å². The van der Waals surface area contributed by atoms with Gasteiger partial charge in [-0.3, -0.25) is 9.10 Å². The van der Waals surface area contributed by atoms with Gasteiger partial charge in [-0.15, -0.1) is 0 Å². The number of β-lactam (4-membered cyclic amide) rings is 1. The van der Waals surface area contributed by atoms with Crippen LogP contribution in [0.3, 0.4) is 0 Å². The van der Waals surface area contributed by atoms with Gasteiger partial charge in [-0.2, -0.15) is 0 Å². The number of aliphatic hydroxyl groups excluding tert-OH is 1. The number of carboxylic acid groups (broad SMARTS) is 1. The number of benzene rings is 2. The van der Waals surface area contributed by atoms with Crippen molar-refractivity contribution >= 4 is 38.4 Å². The number of likely N-dealkylation sites (N-methyl/N-ethyl adjacent to an activating group) is 1. The predicted molar refractivity (Wildman–Crippen MR) is 159 cm³/mol. The molecule has 2 aromatic carbocycles. The maximum atomic E-state index is 14.1. The topological polar surface area (TPSA) is 115 Å². The Labute approximate surface area is 247 Å². The molecular weight excluding hydrogens is 556 g/mol. The normalized spacial score (nSPS) is 28.4. The van der Waals surface area contributed by atoms with E-state index in [1.165, 1.54) is 16.1 Å². The van der Waals surface area contributed by atoms with E-state index in [-0.39, 0.29) is 17.1 Å². The molecule has 7 rings (SSSR count). The maximum absolute atomic E-state index is 14.1. The first-order valence-electron chi connectivity index (χ1n) is 15.0. The summed E-state index contributed by atoms with van der Waals surface area (Å²) in [6.45, 7) is 13.0. The zero-order valence-electron chi connectivity index (χ0n) is 25.3. The Bertz CT molecular complexity index is 1650. The number of amides is 1. The lowest BCUT2D eigenvalue weighted by Gasteiger charge is -2.46. The Kier molecular flexibility index (Phi) is 6.59. The van der Waals surface area contributed by atoms with Gasteiger partial charge in [-0.1, -0.05) is 32.9 Å². The molecule has 226 valence electrons. The summed E-state index contributed by atoms with van der Waals surface area (Å²) in [5, 5.41) is 22.0. The van der Waals surface area contributed by atoms with Crippen molar-refractivity contribution in [1.82, 2.24) is 4.90 Å². The van der Waals surface area contributed by atoms with Crippen LogP contribution in [0.15, 0.2) is 40.4 Å². The Hall–Kier alpha value is -2.99. The van der Waals surface area contributed by atoms with Gasteiger partial charge in [0.05, 0.1) is 49.3 Å². The fourth-order valence-corrected chi connectivity index (χ4v) is 9.69. The molecular formula is C31H42N4O6S+2. The highest BCUT2D eigenvalue weighted by Gasteiger charge is 2.60. The molecule has 11 heteroatoms. The number of aliphatic hydroxyl groups is 1. The summed E-state index contributed by atoms with van der Waals surface area (Å²) < 4.78 is 31.6. The zero-order chi connectivity index (χ0) is 30.5. The van der Waals surface area contributed by atoms with Crippen LogP contribution in [0.1, 0.15) is 38.8 Å². The number of anilines is 1. The van der Waals surface area contributed by atoms with Crippen LogP contribution < -0.4 is 4.31 Å². The second-order valence-corrected chi connectivity index (χ2v) is 15.0. The van der Waals surface area contributed by atoms with Crippen LogP contribution in [0.25, 0.3) is 10.8 Å². The quantitative estimate of drug-likeness (QED) is 0.413. The van der Waals surface area contributed by atoms with Crippen LogP contribution in [0, 0.1) is 11.8 Å². The molecule has 5 aliphatic heterocycles. The molecule has 0 aromatic heterocycles. The first-order chi connectivity index (χ1) is 19.8. The Morgan fingerprint density at radius 2 is 1.79 bits per heavy atom. The zero-order valence-corrected chi connectivity index (χ0v) is 26.1. The molecule has 4 atom stereocenters. The molecule has 5 heterocycles. The summed E-state index contributed by atoms with van der Waals surface area (Å²) in [5.74, 6) is -2.78. The van der Waals surface area contributed by atoms with Gasteiger partial charge in [-0.05, 0) is 30.0 Å². The lowest BCUT2D eigenvalue weighted by atomic mass is 9.77. The Morgan fingerprint density at radius 3 is 2.40 bits per heavy atom. The molecule has 0 bridgehead atoms. The summed E-state index contributed by atoms with van der Waals surface area (Å²) in [5.41, 5.74) is 3.14. The van der Waals surface area contributed by atoms with Gasteiger partial charge >= 0.3 is 5.97 Å². The summed E-state index contributed by atoms with van der Waals surface area (Å²) in [4.78, 5) is 26.9. The molecule has 2 aromatic rings. The molecule has 1 amide bonds. The van der Waals surface area contributed by atoms with Gasteiger partial charge in [0.2, 0.25) is 5.91 Å². The fourth-order valence-electron chi connectivity index (χ4n) is 7.98. The van der Waals surface area contributed by atoms with Gasteiger partial charge in [-0.25, -0.2) is 13.2 Å². The van der Waals surface area contributed by atoms with Gasteiger partial charge < -0.3 is 24.1 Å². The smallest absolute Gasteiger partial charge is 0.352 e. The number of fused-ring (bicyclic) bond motifs is 3. The second-order valence-electron chi connectivity index (χ2n) is 13.1. The van der Waals surface area contributed by atoms with Crippen LogP contribution in [0.4, 0.5) is 5.69 Å². The number of carbonyl (C=O) groups is 2. The van der Waals surface area contributed by atoms with E-state index in [0.29, 0.717) is 16.6 Å². The number of quaternary nitrogens is 2. The number of sulfonamides is 1. The monoisotopic (exact) mass is 598 g/mol. The highest BCUT2D eigenvalue weighted by atomic mass is 32.2. The van der Waals surface area contributed by atoms with Gasteiger partial charge in [0.15, 0.2) is 0 Å². The van der Waals surface area contributed by atoms with Crippen molar-refractivity contribution in [1.29, 1.82) is 0 Å². The minimum absolute atomic E-state index is 0.137.